The van der Waals surface area contributed by atoms with Gasteiger partial charge in [-0.2, -0.15) is 0 Å². The number of ether oxygens (including phenoxy) is 3. The highest BCUT2D eigenvalue weighted by atomic mass is 19.1. The Labute approximate surface area is 285 Å². The zero-order valence-electron chi connectivity index (χ0n) is 28.8. The summed E-state index contributed by atoms with van der Waals surface area (Å²) in [7, 11) is 2.17. The summed E-state index contributed by atoms with van der Waals surface area (Å²) in [6, 6.07) is -0.758. The molecule has 2 N–H and O–H groups in total. The summed E-state index contributed by atoms with van der Waals surface area (Å²) < 4.78 is 35.5. The van der Waals surface area contributed by atoms with Gasteiger partial charge in [0.15, 0.2) is 5.78 Å². The van der Waals surface area contributed by atoms with Gasteiger partial charge in [-0.15, -0.1) is 0 Å². The van der Waals surface area contributed by atoms with Gasteiger partial charge >= 0.3 is 0 Å². The number of rotatable bonds is 9. The van der Waals surface area contributed by atoms with Gasteiger partial charge in [0.2, 0.25) is 0 Å². The number of fused-ring (bicyclic) bond motifs is 5. The minimum Gasteiger partial charge on any atom is -0.379 e. The van der Waals surface area contributed by atoms with E-state index in [-0.39, 0.29) is 48.0 Å². The third-order valence-corrected chi connectivity index (χ3v) is 13.1. The number of Topliss-reactive ketones (excluding diaryl/α,β-unsaturated/α-hetero) is 1. The first-order valence-corrected chi connectivity index (χ1v) is 19.2. The number of ketones is 1. The molecule has 0 bridgehead atoms. The van der Waals surface area contributed by atoms with Gasteiger partial charge in [-0.1, -0.05) is 12.8 Å². The number of halogens is 1. The molecule has 11 unspecified atom stereocenters. The third kappa shape index (κ3) is 6.60. The first kappa shape index (κ1) is 33.5. The number of piperazine rings is 1. The molecule has 0 aromatic heterocycles. The fourth-order valence-corrected chi connectivity index (χ4v) is 10.5. The van der Waals surface area contributed by atoms with Crippen molar-refractivity contribution in [3.05, 3.63) is 11.8 Å². The molecular weight excluding hydrogens is 615 g/mol. The van der Waals surface area contributed by atoms with E-state index in [9.17, 15) is 9.59 Å². The van der Waals surface area contributed by atoms with Crippen molar-refractivity contribution in [2.24, 2.45) is 17.8 Å². The van der Waals surface area contributed by atoms with E-state index in [1.54, 1.807) is 0 Å². The van der Waals surface area contributed by atoms with Gasteiger partial charge in [-0.3, -0.25) is 14.5 Å². The SMILES string of the molecule is CN1CCN(CCCNC2C(F)CC3C(=O)C(C(=O)NCCN4CCOCC4)=CN4C5CC6OC7CCCCC7C6CC5OC2C34)CC1. The Morgan fingerprint density at radius 3 is 2.52 bits per heavy atom. The van der Waals surface area contributed by atoms with Crippen LogP contribution in [0.3, 0.4) is 0 Å². The summed E-state index contributed by atoms with van der Waals surface area (Å²) in [5, 5.41) is 6.61. The van der Waals surface area contributed by atoms with E-state index >= 15 is 4.39 Å². The molecule has 12 heteroatoms. The van der Waals surface area contributed by atoms with Crippen LogP contribution in [0, 0.1) is 17.8 Å². The van der Waals surface area contributed by atoms with Crippen LogP contribution < -0.4 is 10.6 Å². The number of likely N-dealkylation sites (N-methyl/N-ethyl adjacent to an activating group) is 1. The van der Waals surface area contributed by atoms with Crippen LogP contribution in [0.15, 0.2) is 11.8 Å². The largest absolute Gasteiger partial charge is 0.379 e. The van der Waals surface area contributed by atoms with Crippen LogP contribution in [-0.4, -0.2) is 166 Å². The molecule has 5 heterocycles. The molecule has 268 valence electrons. The van der Waals surface area contributed by atoms with E-state index in [1.807, 2.05) is 6.20 Å². The number of morpholine rings is 2. The average molecular weight is 673 g/mol. The number of hydrogen-bond acceptors (Lipinski definition) is 10. The van der Waals surface area contributed by atoms with E-state index in [2.05, 4.69) is 37.3 Å². The first-order valence-electron chi connectivity index (χ1n) is 19.2. The molecule has 4 saturated heterocycles. The number of amides is 1. The van der Waals surface area contributed by atoms with Crippen LogP contribution >= 0.6 is 0 Å². The molecule has 5 aliphatic heterocycles. The molecule has 3 saturated carbocycles. The Morgan fingerprint density at radius 1 is 0.896 bits per heavy atom. The quantitative estimate of drug-likeness (QED) is 0.273. The van der Waals surface area contributed by atoms with Crippen molar-refractivity contribution >= 4 is 11.7 Å². The molecule has 48 heavy (non-hydrogen) atoms. The lowest BCUT2D eigenvalue weighted by Gasteiger charge is -2.60. The maximum absolute atomic E-state index is 16.3. The second kappa shape index (κ2) is 14.5. The van der Waals surface area contributed by atoms with Crippen molar-refractivity contribution in [2.45, 2.75) is 100 Å². The van der Waals surface area contributed by atoms with Crippen molar-refractivity contribution < 1.29 is 28.2 Å². The Kier molecular flexibility index (Phi) is 10.1. The van der Waals surface area contributed by atoms with Crippen molar-refractivity contribution in [3.63, 3.8) is 0 Å². The smallest absolute Gasteiger partial charge is 0.256 e. The van der Waals surface area contributed by atoms with Crippen molar-refractivity contribution in [3.8, 4) is 0 Å². The summed E-state index contributed by atoms with van der Waals surface area (Å²) in [6.45, 7) is 10.3. The highest BCUT2D eigenvalue weighted by molar-refractivity contribution is 6.20. The van der Waals surface area contributed by atoms with Crippen LogP contribution in [0.5, 0.6) is 0 Å². The fraction of sp³-hybridized carbons (Fsp3) is 0.889. The van der Waals surface area contributed by atoms with Gasteiger partial charge in [-0.05, 0) is 70.5 Å². The number of nitrogens with one attached hydrogen (secondary N) is 2. The summed E-state index contributed by atoms with van der Waals surface area (Å²) in [4.78, 5) is 37.1. The van der Waals surface area contributed by atoms with E-state index < -0.39 is 24.2 Å². The molecule has 11 atom stereocenters. The number of alkyl halides is 1. The molecular formula is C36H57FN6O5. The maximum atomic E-state index is 16.3. The van der Waals surface area contributed by atoms with Gasteiger partial charge in [0, 0.05) is 64.5 Å². The van der Waals surface area contributed by atoms with Crippen LogP contribution in [0.4, 0.5) is 4.39 Å². The molecule has 0 aromatic carbocycles. The highest BCUT2D eigenvalue weighted by Gasteiger charge is 2.61. The van der Waals surface area contributed by atoms with Crippen LogP contribution in [-0.2, 0) is 23.8 Å². The lowest BCUT2D eigenvalue weighted by Crippen LogP contribution is -2.73. The number of hydrogen-bond donors (Lipinski definition) is 2. The molecule has 3 aliphatic carbocycles. The van der Waals surface area contributed by atoms with Gasteiger partial charge in [0.25, 0.3) is 5.91 Å². The van der Waals surface area contributed by atoms with Crippen molar-refractivity contribution in [2.75, 3.05) is 85.7 Å². The number of carbonyl (C=O) groups is 2. The molecule has 7 fully saturated rings. The minimum atomic E-state index is -1.22. The predicted molar refractivity (Wildman–Crippen MR) is 178 cm³/mol. The second-order valence-corrected chi connectivity index (χ2v) is 15.9. The molecule has 0 radical (unpaired) electrons. The van der Waals surface area contributed by atoms with Gasteiger partial charge in [0.1, 0.15) is 6.17 Å². The average Bonchev–Trinajstić information content (AvgIpc) is 3.46. The normalized spacial score (nSPS) is 42.0. The first-order chi connectivity index (χ1) is 23.4. The Morgan fingerprint density at radius 2 is 1.69 bits per heavy atom. The summed E-state index contributed by atoms with van der Waals surface area (Å²) >= 11 is 0. The Hall–Kier alpha value is -1.67. The van der Waals surface area contributed by atoms with E-state index in [1.165, 1.54) is 19.3 Å². The lowest BCUT2D eigenvalue weighted by atomic mass is 9.67. The molecule has 8 aliphatic rings. The molecule has 0 spiro atoms. The number of carbonyl (C=O) groups excluding carboxylic acids is 2. The third-order valence-electron chi connectivity index (χ3n) is 13.1. The van der Waals surface area contributed by atoms with E-state index in [0.29, 0.717) is 50.8 Å². The van der Waals surface area contributed by atoms with Gasteiger partial charge in [0.05, 0.1) is 61.3 Å². The van der Waals surface area contributed by atoms with E-state index in [4.69, 9.17) is 14.2 Å². The summed E-state index contributed by atoms with van der Waals surface area (Å²) in [6.07, 6.45) is 8.24. The lowest BCUT2D eigenvalue weighted by molar-refractivity contribution is -0.209. The van der Waals surface area contributed by atoms with E-state index in [0.717, 1.165) is 71.5 Å². The minimum absolute atomic E-state index is 0.00782. The molecule has 8 rings (SSSR count). The second-order valence-electron chi connectivity index (χ2n) is 15.9. The number of nitrogens with zero attached hydrogens (tertiary/aromatic N) is 4. The van der Waals surface area contributed by atoms with Gasteiger partial charge in [-0.25, -0.2) is 4.39 Å². The Balaban J connectivity index is 1.00. The molecule has 11 nitrogen and oxygen atoms in total. The van der Waals surface area contributed by atoms with Crippen LogP contribution in [0.1, 0.15) is 51.4 Å². The van der Waals surface area contributed by atoms with Crippen LogP contribution in [0.2, 0.25) is 0 Å². The van der Waals surface area contributed by atoms with Crippen molar-refractivity contribution in [1.29, 1.82) is 0 Å². The van der Waals surface area contributed by atoms with Crippen molar-refractivity contribution in [1.82, 2.24) is 30.2 Å². The monoisotopic (exact) mass is 672 g/mol. The molecule has 0 aromatic rings. The molecule has 1 amide bonds. The Bertz CT molecular complexity index is 1200. The summed E-state index contributed by atoms with van der Waals surface area (Å²) in [5.41, 5.74) is 0.173. The summed E-state index contributed by atoms with van der Waals surface area (Å²) in [5.74, 6) is -0.150. The van der Waals surface area contributed by atoms with Crippen LogP contribution in [0.25, 0.3) is 0 Å². The predicted octanol–water partition coefficient (Wildman–Crippen LogP) is 1.03. The maximum Gasteiger partial charge on any atom is 0.256 e. The standard InChI is InChI=1S/C36H57FN6O5/c1-40-11-13-41(14-12-40)9-4-7-38-32-27(37)19-25-33-35(32)48-31-20-24-23-5-2-3-6-29(23)47-30(24)21-28(31)43(33)22-26(34(25)44)36(45)39-8-10-42-15-17-46-18-16-42/h22-25,27-33,35,38H,2-21H2,1H3,(H,39,45). The highest BCUT2D eigenvalue weighted by Crippen LogP contribution is 2.52. The van der Waals surface area contributed by atoms with Gasteiger partial charge < -0.3 is 39.5 Å². The zero-order valence-corrected chi connectivity index (χ0v) is 28.8. The zero-order chi connectivity index (χ0) is 32.8. The fourth-order valence-electron chi connectivity index (χ4n) is 10.5. The topological polar surface area (TPSA) is 98.8 Å².